The zero-order valence-electron chi connectivity index (χ0n) is 11.3. The highest BCUT2D eigenvalue weighted by molar-refractivity contribution is 5.92. The highest BCUT2D eigenvalue weighted by Gasteiger charge is 2.12. The number of nitrogens with zero attached hydrogens (tertiary/aromatic N) is 1. The smallest absolute Gasteiger partial charge is 0.238 e. The summed E-state index contributed by atoms with van der Waals surface area (Å²) in [5.41, 5.74) is -0.407. The van der Waals surface area contributed by atoms with Crippen LogP contribution in [0.3, 0.4) is 0 Å². The van der Waals surface area contributed by atoms with Gasteiger partial charge in [0.2, 0.25) is 5.91 Å². The first-order chi connectivity index (χ1) is 8.91. The van der Waals surface area contributed by atoms with Crippen LogP contribution in [0.25, 0.3) is 0 Å². The zero-order valence-corrected chi connectivity index (χ0v) is 11.3. The maximum Gasteiger partial charge on any atom is 0.238 e. The quantitative estimate of drug-likeness (QED) is 0.823. The molecule has 0 saturated heterocycles. The van der Waals surface area contributed by atoms with Gasteiger partial charge in [0.05, 0.1) is 6.54 Å². The molecule has 1 unspecified atom stereocenters. The Morgan fingerprint density at radius 2 is 1.89 bits per heavy atom. The summed E-state index contributed by atoms with van der Waals surface area (Å²) >= 11 is 0. The van der Waals surface area contributed by atoms with Crippen LogP contribution in [-0.2, 0) is 4.79 Å². The fraction of sp³-hybridized carbons (Fsp3) is 0.462. The topological polar surface area (TPSA) is 44.4 Å². The molecule has 0 spiro atoms. The van der Waals surface area contributed by atoms with Crippen LogP contribution in [0.15, 0.2) is 18.2 Å². The summed E-state index contributed by atoms with van der Waals surface area (Å²) in [7, 11) is 3.86. The summed E-state index contributed by atoms with van der Waals surface area (Å²) < 4.78 is 26.6. The van der Waals surface area contributed by atoms with E-state index in [1.54, 1.807) is 0 Å². The van der Waals surface area contributed by atoms with E-state index in [-0.39, 0.29) is 12.6 Å². The number of nitrogens with one attached hydrogen (secondary N) is 2. The maximum atomic E-state index is 13.3. The first-order valence-electron chi connectivity index (χ1n) is 6.02. The molecule has 6 heteroatoms. The number of carbonyl (C=O) groups is 1. The molecule has 1 atom stereocenters. The van der Waals surface area contributed by atoms with Crippen molar-refractivity contribution in [2.24, 2.45) is 0 Å². The predicted molar refractivity (Wildman–Crippen MR) is 71.0 cm³/mol. The molecule has 19 heavy (non-hydrogen) atoms. The SMILES string of the molecule is CC(CNCC(=O)Nc1c(F)cccc1F)N(C)C. The molecule has 0 aliphatic rings. The van der Waals surface area contributed by atoms with Crippen molar-refractivity contribution in [3.05, 3.63) is 29.8 Å². The fourth-order valence-corrected chi connectivity index (χ4v) is 1.38. The number of rotatable bonds is 6. The van der Waals surface area contributed by atoms with E-state index in [2.05, 4.69) is 10.6 Å². The van der Waals surface area contributed by atoms with Crippen molar-refractivity contribution in [1.82, 2.24) is 10.2 Å². The number of carbonyl (C=O) groups excluding carboxylic acids is 1. The van der Waals surface area contributed by atoms with E-state index < -0.39 is 23.2 Å². The van der Waals surface area contributed by atoms with Crippen LogP contribution >= 0.6 is 0 Å². The molecule has 0 bridgehead atoms. The van der Waals surface area contributed by atoms with Crippen LogP contribution < -0.4 is 10.6 Å². The molecule has 0 aliphatic carbocycles. The van der Waals surface area contributed by atoms with Gasteiger partial charge < -0.3 is 15.5 Å². The van der Waals surface area contributed by atoms with E-state index >= 15 is 0 Å². The van der Waals surface area contributed by atoms with Gasteiger partial charge in [-0.05, 0) is 33.2 Å². The molecule has 0 saturated carbocycles. The van der Waals surface area contributed by atoms with Gasteiger partial charge >= 0.3 is 0 Å². The molecular formula is C13H19F2N3O. The molecule has 0 fully saturated rings. The second-order valence-electron chi connectivity index (χ2n) is 4.59. The Hall–Kier alpha value is -1.53. The van der Waals surface area contributed by atoms with Crippen LogP contribution in [0.1, 0.15) is 6.92 Å². The molecule has 1 rings (SSSR count). The lowest BCUT2D eigenvalue weighted by Gasteiger charge is -2.19. The standard InChI is InChI=1S/C13H19F2N3O/c1-9(18(2)3)7-16-8-12(19)17-13-10(14)5-4-6-11(13)15/h4-6,9,16H,7-8H2,1-3H3,(H,17,19). The molecule has 4 nitrogen and oxygen atoms in total. The molecule has 0 radical (unpaired) electrons. The number of anilines is 1. The minimum Gasteiger partial charge on any atom is -0.320 e. The van der Waals surface area contributed by atoms with Crippen molar-refractivity contribution in [2.45, 2.75) is 13.0 Å². The van der Waals surface area contributed by atoms with Gasteiger partial charge in [0, 0.05) is 12.6 Å². The highest BCUT2D eigenvalue weighted by Crippen LogP contribution is 2.17. The first-order valence-corrected chi connectivity index (χ1v) is 6.02. The molecule has 106 valence electrons. The van der Waals surface area contributed by atoms with Gasteiger partial charge in [0.1, 0.15) is 17.3 Å². The van der Waals surface area contributed by atoms with Crippen LogP contribution in [0, 0.1) is 11.6 Å². The third kappa shape index (κ3) is 4.92. The van der Waals surface area contributed by atoms with Crippen molar-refractivity contribution in [1.29, 1.82) is 0 Å². The Morgan fingerprint density at radius 1 is 1.32 bits per heavy atom. The molecule has 0 aliphatic heterocycles. The van der Waals surface area contributed by atoms with E-state index in [4.69, 9.17) is 0 Å². The van der Waals surface area contributed by atoms with Gasteiger partial charge in [-0.1, -0.05) is 6.07 Å². The lowest BCUT2D eigenvalue weighted by molar-refractivity contribution is -0.115. The van der Waals surface area contributed by atoms with Crippen LogP contribution in [0.5, 0.6) is 0 Å². The second-order valence-corrected chi connectivity index (χ2v) is 4.59. The number of halogens is 2. The Balaban J connectivity index is 2.44. The molecule has 0 aromatic heterocycles. The monoisotopic (exact) mass is 271 g/mol. The van der Waals surface area contributed by atoms with Crippen LogP contribution in [0.4, 0.5) is 14.5 Å². The Labute approximate surface area is 111 Å². The van der Waals surface area contributed by atoms with E-state index in [9.17, 15) is 13.6 Å². The van der Waals surface area contributed by atoms with Crippen LogP contribution in [0.2, 0.25) is 0 Å². The largest absolute Gasteiger partial charge is 0.320 e. The van der Waals surface area contributed by atoms with Crippen molar-refractivity contribution in [3.63, 3.8) is 0 Å². The summed E-state index contributed by atoms with van der Waals surface area (Å²) in [6, 6.07) is 3.70. The third-order valence-corrected chi connectivity index (χ3v) is 2.83. The third-order valence-electron chi connectivity index (χ3n) is 2.83. The molecule has 2 N–H and O–H groups in total. The van der Waals surface area contributed by atoms with E-state index in [0.29, 0.717) is 6.54 Å². The fourth-order valence-electron chi connectivity index (χ4n) is 1.38. The van der Waals surface area contributed by atoms with E-state index in [1.807, 2.05) is 25.9 Å². The molecule has 1 aromatic rings. The van der Waals surface area contributed by atoms with Gasteiger partial charge in [-0.2, -0.15) is 0 Å². The number of hydrogen-bond donors (Lipinski definition) is 2. The average molecular weight is 271 g/mol. The number of benzene rings is 1. The Morgan fingerprint density at radius 3 is 2.42 bits per heavy atom. The van der Waals surface area contributed by atoms with Crippen molar-refractivity contribution in [2.75, 3.05) is 32.5 Å². The van der Waals surface area contributed by atoms with Gasteiger partial charge in [-0.3, -0.25) is 4.79 Å². The summed E-state index contributed by atoms with van der Waals surface area (Å²) in [6.07, 6.45) is 0. The van der Waals surface area contributed by atoms with E-state index in [1.165, 1.54) is 6.07 Å². The highest BCUT2D eigenvalue weighted by atomic mass is 19.1. The van der Waals surface area contributed by atoms with Crippen molar-refractivity contribution in [3.8, 4) is 0 Å². The van der Waals surface area contributed by atoms with Gasteiger partial charge in [-0.25, -0.2) is 8.78 Å². The predicted octanol–water partition coefficient (Wildman–Crippen LogP) is 1.44. The minimum atomic E-state index is -0.782. The number of amides is 1. The van der Waals surface area contributed by atoms with E-state index in [0.717, 1.165) is 12.1 Å². The average Bonchev–Trinajstić information content (AvgIpc) is 2.33. The van der Waals surface area contributed by atoms with Crippen LogP contribution in [-0.4, -0.2) is 44.0 Å². The molecule has 0 heterocycles. The number of para-hydroxylation sites is 1. The summed E-state index contributed by atoms with van der Waals surface area (Å²) in [5, 5.41) is 5.14. The lowest BCUT2D eigenvalue weighted by Crippen LogP contribution is -2.38. The molecule has 1 aromatic carbocycles. The Kier molecular flexibility index (Phi) is 5.85. The molecular weight excluding hydrogens is 252 g/mol. The zero-order chi connectivity index (χ0) is 14.4. The lowest BCUT2D eigenvalue weighted by atomic mass is 10.3. The second kappa shape index (κ2) is 7.16. The van der Waals surface area contributed by atoms with Gasteiger partial charge in [0.15, 0.2) is 0 Å². The van der Waals surface area contributed by atoms with Gasteiger partial charge in [0.25, 0.3) is 0 Å². The Bertz CT molecular complexity index is 418. The summed E-state index contributed by atoms with van der Waals surface area (Å²) in [4.78, 5) is 13.5. The molecule has 1 amide bonds. The number of hydrogen-bond acceptors (Lipinski definition) is 3. The number of likely N-dealkylation sites (N-methyl/N-ethyl adjacent to an activating group) is 1. The van der Waals surface area contributed by atoms with Gasteiger partial charge in [-0.15, -0.1) is 0 Å². The van der Waals surface area contributed by atoms with Crippen molar-refractivity contribution >= 4 is 11.6 Å². The minimum absolute atomic E-state index is 0.00591. The first kappa shape index (κ1) is 15.5. The summed E-state index contributed by atoms with van der Waals surface area (Å²) in [6.45, 7) is 2.62. The maximum absolute atomic E-state index is 13.3. The normalized spacial score (nSPS) is 12.5. The van der Waals surface area contributed by atoms with Crippen molar-refractivity contribution < 1.29 is 13.6 Å². The summed E-state index contributed by atoms with van der Waals surface area (Å²) in [5.74, 6) is -2.04.